The fourth-order valence-corrected chi connectivity index (χ4v) is 5.37. The van der Waals surface area contributed by atoms with E-state index in [1.54, 1.807) is 34.9 Å². The molecule has 9 heteroatoms. The Bertz CT molecular complexity index is 664. The predicted molar refractivity (Wildman–Crippen MR) is 87.3 cm³/mol. The number of halogens is 1. The first kappa shape index (κ1) is 16.3. The maximum atomic E-state index is 12.0. The molecule has 1 atom stereocenters. The van der Waals surface area contributed by atoms with Crippen molar-refractivity contribution in [1.82, 2.24) is 0 Å². The van der Waals surface area contributed by atoms with Crippen LogP contribution in [0, 0.1) is 0 Å². The number of hydrogen-bond acceptors (Lipinski definition) is 6. The van der Waals surface area contributed by atoms with Gasteiger partial charge in [-0.3, -0.25) is 0 Å². The van der Waals surface area contributed by atoms with Crippen LogP contribution in [-0.4, -0.2) is 49.1 Å². The van der Waals surface area contributed by atoms with Gasteiger partial charge in [-0.2, -0.15) is 11.8 Å². The minimum absolute atomic E-state index is 0.138. The molecule has 1 aromatic rings. The van der Waals surface area contributed by atoms with Gasteiger partial charge in [-0.15, -0.1) is 0 Å². The number of sulfone groups is 1. The second kappa shape index (κ2) is 6.33. The van der Waals surface area contributed by atoms with Crippen molar-refractivity contribution in [2.75, 3.05) is 29.2 Å². The zero-order valence-electron chi connectivity index (χ0n) is 11.4. The highest BCUT2D eigenvalue weighted by atomic mass is 35.5. The molecule has 2 rings (SSSR count). The second-order valence-electron chi connectivity index (χ2n) is 4.67. The number of amidine groups is 1. The third kappa shape index (κ3) is 3.38. The van der Waals surface area contributed by atoms with Crippen LogP contribution in [0.15, 0.2) is 23.4 Å². The smallest absolute Gasteiger partial charge is 0.173 e. The molecule has 0 aromatic heterocycles. The van der Waals surface area contributed by atoms with Crippen LogP contribution in [0.4, 0.5) is 5.69 Å². The molecule has 1 fully saturated rings. The van der Waals surface area contributed by atoms with Crippen LogP contribution in [0.3, 0.4) is 0 Å². The summed E-state index contributed by atoms with van der Waals surface area (Å²) < 4.78 is 24.0. The molecular formula is C12H16ClN3O3S2. The van der Waals surface area contributed by atoms with Crippen molar-refractivity contribution in [2.24, 2.45) is 10.9 Å². The molecule has 0 amide bonds. The van der Waals surface area contributed by atoms with E-state index in [2.05, 4.69) is 5.16 Å². The Labute approximate surface area is 132 Å². The molecule has 1 aromatic carbocycles. The number of anilines is 1. The minimum Gasteiger partial charge on any atom is -0.409 e. The lowest BCUT2D eigenvalue weighted by Gasteiger charge is -2.37. The number of hydrogen-bond donors (Lipinski definition) is 2. The monoisotopic (exact) mass is 349 g/mol. The summed E-state index contributed by atoms with van der Waals surface area (Å²) in [6, 6.07) is 5.06. The summed E-state index contributed by atoms with van der Waals surface area (Å²) in [6.07, 6.45) is 1.21. The Morgan fingerprint density at radius 2 is 2.29 bits per heavy atom. The fraction of sp³-hybridized carbons (Fsp3) is 0.417. The summed E-state index contributed by atoms with van der Waals surface area (Å²) in [5, 5.41) is 11.6. The molecule has 0 radical (unpaired) electrons. The Hall–Kier alpha value is -1.12. The van der Waals surface area contributed by atoms with Crippen LogP contribution in [-0.2, 0) is 9.84 Å². The van der Waals surface area contributed by atoms with E-state index < -0.39 is 15.2 Å². The summed E-state index contributed by atoms with van der Waals surface area (Å²) in [5.74, 6) is 1.14. The van der Waals surface area contributed by atoms with Gasteiger partial charge >= 0.3 is 0 Å². The van der Waals surface area contributed by atoms with Gasteiger partial charge in [0.15, 0.2) is 15.7 Å². The number of oxime groups is 1. The third-order valence-electron chi connectivity index (χ3n) is 3.24. The first-order valence-electron chi connectivity index (χ1n) is 6.16. The van der Waals surface area contributed by atoms with Gasteiger partial charge in [0.2, 0.25) is 0 Å². The molecule has 116 valence electrons. The quantitative estimate of drug-likeness (QED) is 0.370. The van der Waals surface area contributed by atoms with Crippen molar-refractivity contribution >= 4 is 44.7 Å². The van der Waals surface area contributed by atoms with Crippen LogP contribution in [0.1, 0.15) is 5.56 Å². The van der Waals surface area contributed by atoms with Crippen LogP contribution in [0.5, 0.6) is 0 Å². The van der Waals surface area contributed by atoms with Crippen molar-refractivity contribution < 1.29 is 13.6 Å². The zero-order valence-corrected chi connectivity index (χ0v) is 13.7. The summed E-state index contributed by atoms with van der Waals surface area (Å²) in [5.41, 5.74) is 6.60. The molecular weight excluding hydrogens is 334 g/mol. The number of rotatable bonds is 3. The van der Waals surface area contributed by atoms with Crippen LogP contribution in [0.2, 0.25) is 5.02 Å². The number of benzene rings is 1. The first-order valence-corrected chi connectivity index (χ1v) is 9.64. The largest absolute Gasteiger partial charge is 0.409 e. The van der Waals surface area contributed by atoms with E-state index in [-0.39, 0.29) is 5.84 Å². The third-order valence-corrected chi connectivity index (χ3v) is 6.20. The van der Waals surface area contributed by atoms with Gasteiger partial charge in [0.1, 0.15) is 5.37 Å². The van der Waals surface area contributed by atoms with Gasteiger partial charge in [-0.1, -0.05) is 22.8 Å². The topological polar surface area (TPSA) is 96.0 Å². The predicted octanol–water partition coefficient (Wildman–Crippen LogP) is 1.36. The molecule has 1 unspecified atom stereocenters. The van der Waals surface area contributed by atoms with Crippen LogP contribution < -0.4 is 10.6 Å². The Morgan fingerprint density at radius 1 is 1.57 bits per heavy atom. The molecule has 1 heterocycles. The van der Waals surface area contributed by atoms with Gasteiger partial charge < -0.3 is 15.8 Å². The zero-order chi connectivity index (χ0) is 15.6. The van der Waals surface area contributed by atoms with E-state index in [4.69, 9.17) is 22.5 Å². The molecule has 1 aliphatic heterocycles. The van der Waals surface area contributed by atoms with Crippen molar-refractivity contribution in [3.63, 3.8) is 0 Å². The fourth-order valence-electron chi connectivity index (χ4n) is 2.27. The Kier molecular flexibility index (Phi) is 4.90. The summed E-state index contributed by atoms with van der Waals surface area (Å²) >= 11 is 7.72. The molecule has 1 saturated heterocycles. The maximum absolute atomic E-state index is 12.0. The Balaban J connectivity index is 2.57. The molecule has 0 saturated carbocycles. The molecule has 3 N–H and O–H groups in total. The summed E-state index contributed by atoms with van der Waals surface area (Å²) in [6.45, 7) is 0.550. The molecule has 6 nitrogen and oxygen atoms in total. The first-order chi connectivity index (χ1) is 9.86. The standard InChI is InChI=1S/C12H16ClN3O3S2/c1-21(18,19)10-7-20-6-5-16(10)9-4-2-3-8(13)11(9)12(14)15-17/h2-4,10,17H,5-7H2,1H3,(H2,14,15). The highest BCUT2D eigenvalue weighted by Crippen LogP contribution is 2.32. The van der Waals surface area contributed by atoms with Gasteiger partial charge in [0.05, 0.1) is 16.3 Å². The van der Waals surface area contributed by atoms with E-state index in [9.17, 15) is 8.42 Å². The van der Waals surface area contributed by atoms with Gasteiger partial charge in [0.25, 0.3) is 0 Å². The van der Waals surface area contributed by atoms with E-state index in [0.717, 1.165) is 5.75 Å². The number of nitrogens with two attached hydrogens (primary N) is 1. The lowest BCUT2D eigenvalue weighted by molar-refractivity contribution is 0.318. The van der Waals surface area contributed by atoms with Crippen molar-refractivity contribution in [1.29, 1.82) is 0 Å². The van der Waals surface area contributed by atoms with Crippen molar-refractivity contribution in [2.45, 2.75) is 5.37 Å². The Morgan fingerprint density at radius 3 is 2.90 bits per heavy atom. The second-order valence-corrected chi connectivity index (χ2v) is 8.43. The molecule has 21 heavy (non-hydrogen) atoms. The van der Waals surface area contributed by atoms with Gasteiger partial charge in [-0.05, 0) is 12.1 Å². The summed E-state index contributed by atoms with van der Waals surface area (Å²) in [7, 11) is -3.27. The van der Waals surface area contributed by atoms with E-state index in [0.29, 0.717) is 28.6 Å². The van der Waals surface area contributed by atoms with E-state index in [1.165, 1.54) is 6.26 Å². The van der Waals surface area contributed by atoms with Crippen molar-refractivity contribution in [3.8, 4) is 0 Å². The normalized spacial score (nSPS) is 20.6. The molecule has 0 bridgehead atoms. The van der Waals surface area contributed by atoms with Crippen LogP contribution >= 0.6 is 23.4 Å². The maximum Gasteiger partial charge on any atom is 0.173 e. The summed E-state index contributed by atoms with van der Waals surface area (Å²) in [4.78, 5) is 1.76. The minimum atomic E-state index is -3.27. The average molecular weight is 350 g/mol. The van der Waals surface area contributed by atoms with Crippen LogP contribution in [0.25, 0.3) is 0 Å². The van der Waals surface area contributed by atoms with E-state index >= 15 is 0 Å². The van der Waals surface area contributed by atoms with Gasteiger partial charge in [-0.25, -0.2) is 8.42 Å². The SMILES string of the molecule is CS(=O)(=O)C1CSCCN1c1cccc(Cl)c1C(N)=NO. The average Bonchev–Trinajstić information content (AvgIpc) is 2.45. The molecule has 0 aliphatic carbocycles. The molecule has 0 spiro atoms. The van der Waals surface area contributed by atoms with Crippen molar-refractivity contribution in [3.05, 3.63) is 28.8 Å². The molecule has 1 aliphatic rings. The lowest BCUT2D eigenvalue weighted by Crippen LogP contribution is -2.47. The highest BCUT2D eigenvalue weighted by Gasteiger charge is 2.33. The highest BCUT2D eigenvalue weighted by molar-refractivity contribution is 8.01. The van der Waals surface area contributed by atoms with E-state index in [1.807, 2.05) is 0 Å². The number of thioether (sulfide) groups is 1. The number of nitrogens with zero attached hydrogens (tertiary/aromatic N) is 2. The lowest BCUT2D eigenvalue weighted by atomic mass is 10.1. The van der Waals surface area contributed by atoms with Gasteiger partial charge in [0, 0.05) is 24.3 Å².